The highest BCUT2D eigenvalue weighted by Crippen LogP contribution is 2.35. The van der Waals surface area contributed by atoms with Crippen LogP contribution in [0, 0.1) is 0 Å². The molecule has 0 saturated heterocycles. The van der Waals surface area contributed by atoms with Gasteiger partial charge < -0.3 is 14.8 Å². The van der Waals surface area contributed by atoms with E-state index >= 15 is 0 Å². The van der Waals surface area contributed by atoms with Crippen molar-refractivity contribution in [2.24, 2.45) is 0 Å². The number of amides is 1. The molecule has 5 nitrogen and oxygen atoms in total. The Morgan fingerprint density at radius 1 is 1.00 bits per heavy atom. The molecule has 0 unspecified atom stereocenters. The molecule has 0 radical (unpaired) electrons. The van der Waals surface area contributed by atoms with Gasteiger partial charge in [-0.3, -0.25) is 4.79 Å². The maximum atomic E-state index is 12.6. The van der Waals surface area contributed by atoms with Crippen LogP contribution in [-0.4, -0.2) is 17.7 Å². The molecule has 0 bridgehead atoms. The first-order valence-electron chi connectivity index (χ1n) is 8.90. The fourth-order valence-corrected chi connectivity index (χ4v) is 4.20. The van der Waals surface area contributed by atoms with Gasteiger partial charge in [0.1, 0.15) is 5.01 Å². The summed E-state index contributed by atoms with van der Waals surface area (Å²) in [4.78, 5) is 17.3. The Bertz CT molecular complexity index is 1150. The lowest BCUT2D eigenvalue weighted by Crippen LogP contribution is -2.15. The first kappa shape index (κ1) is 16.8. The molecule has 3 aromatic carbocycles. The number of ether oxygens (including phenoxy) is 2. The molecule has 2 heterocycles. The minimum atomic E-state index is -0.0903. The zero-order valence-corrected chi connectivity index (χ0v) is 15.7. The molecule has 28 heavy (non-hydrogen) atoms. The number of aromatic nitrogens is 1. The van der Waals surface area contributed by atoms with E-state index in [9.17, 15) is 4.79 Å². The van der Waals surface area contributed by atoms with Gasteiger partial charge in [0.2, 0.25) is 12.7 Å². The first-order chi connectivity index (χ1) is 13.8. The maximum absolute atomic E-state index is 12.6. The lowest BCUT2D eigenvalue weighted by molar-refractivity contribution is -0.115. The Labute approximate surface area is 165 Å². The molecule has 6 heteroatoms. The predicted molar refractivity (Wildman–Crippen MR) is 110 cm³/mol. The van der Waals surface area contributed by atoms with Crippen LogP contribution in [0.15, 0.2) is 66.7 Å². The number of rotatable bonds is 4. The monoisotopic (exact) mass is 388 g/mol. The molecule has 5 rings (SSSR count). The van der Waals surface area contributed by atoms with E-state index in [1.54, 1.807) is 11.3 Å². The predicted octanol–water partition coefficient (Wildman–Crippen LogP) is 4.87. The third-order valence-electron chi connectivity index (χ3n) is 4.53. The summed E-state index contributed by atoms with van der Waals surface area (Å²) >= 11 is 1.62. The molecule has 1 amide bonds. The van der Waals surface area contributed by atoms with E-state index in [2.05, 4.69) is 11.4 Å². The minimum absolute atomic E-state index is 0.0903. The van der Waals surface area contributed by atoms with Crippen LogP contribution in [-0.2, 0) is 11.2 Å². The number of carbonyl (C=O) groups excluding carboxylic acids is 1. The molecule has 1 aliphatic heterocycles. The largest absolute Gasteiger partial charge is 0.454 e. The molecule has 1 N–H and O–H groups in total. The van der Waals surface area contributed by atoms with Gasteiger partial charge in [-0.2, -0.15) is 0 Å². The van der Waals surface area contributed by atoms with Crippen molar-refractivity contribution >= 4 is 33.1 Å². The summed E-state index contributed by atoms with van der Waals surface area (Å²) in [6.07, 6.45) is 0.255. The van der Waals surface area contributed by atoms with Crippen LogP contribution in [0.25, 0.3) is 20.8 Å². The quantitative estimate of drug-likeness (QED) is 0.542. The number of anilines is 1. The Hall–Kier alpha value is -3.38. The van der Waals surface area contributed by atoms with Crippen molar-refractivity contribution in [3.05, 3.63) is 72.3 Å². The number of hydrogen-bond acceptors (Lipinski definition) is 5. The fraction of sp³-hybridized carbons (Fsp3) is 0.0909. The van der Waals surface area contributed by atoms with Crippen molar-refractivity contribution in [3.8, 4) is 22.1 Å². The molecule has 0 spiro atoms. The van der Waals surface area contributed by atoms with E-state index in [4.69, 9.17) is 14.5 Å². The molecule has 0 saturated carbocycles. The number of thiazole rings is 1. The third kappa shape index (κ3) is 3.18. The Morgan fingerprint density at radius 2 is 1.82 bits per heavy atom. The van der Waals surface area contributed by atoms with E-state index in [0.717, 1.165) is 32.0 Å². The van der Waals surface area contributed by atoms with Gasteiger partial charge in [-0.05, 0) is 42.0 Å². The van der Waals surface area contributed by atoms with Crippen molar-refractivity contribution in [3.63, 3.8) is 0 Å². The Balaban J connectivity index is 1.39. The number of hydrogen-bond donors (Lipinski definition) is 1. The second-order valence-electron chi connectivity index (χ2n) is 6.44. The van der Waals surface area contributed by atoms with Crippen molar-refractivity contribution in [1.82, 2.24) is 4.98 Å². The van der Waals surface area contributed by atoms with E-state index in [0.29, 0.717) is 11.5 Å². The number of para-hydroxylation sites is 2. The highest BCUT2D eigenvalue weighted by atomic mass is 32.1. The molecule has 0 aliphatic carbocycles. The first-order valence-corrected chi connectivity index (χ1v) is 9.71. The SMILES string of the molecule is O=C(Cc1ccc2c(c1)OCO2)Nc1ccccc1-c1nc2ccccc2s1. The topological polar surface area (TPSA) is 60.5 Å². The zero-order chi connectivity index (χ0) is 18.9. The molecular formula is C22H16N2O3S. The summed E-state index contributed by atoms with van der Waals surface area (Å²) in [5.41, 5.74) is 3.51. The summed E-state index contributed by atoms with van der Waals surface area (Å²) in [5.74, 6) is 1.30. The van der Waals surface area contributed by atoms with E-state index in [-0.39, 0.29) is 19.1 Å². The number of nitrogens with zero attached hydrogens (tertiary/aromatic N) is 1. The minimum Gasteiger partial charge on any atom is -0.454 e. The van der Waals surface area contributed by atoms with Gasteiger partial charge in [-0.15, -0.1) is 11.3 Å². The zero-order valence-electron chi connectivity index (χ0n) is 14.8. The van der Waals surface area contributed by atoms with Gasteiger partial charge in [0.15, 0.2) is 11.5 Å². The van der Waals surface area contributed by atoms with Crippen molar-refractivity contribution in [2.75, 3.05) is 12.1 Å². The molecule has 0 atom stereocenters. The molecule has 4 aromatic rings. The van der Waals surface area contributed by atoms with Gasteiger partial charge in [-0.25, -0.2) is 4.98 Å². The van der Waals surface area contributed by atoms with Crippen LogP contribution in [0.4, 0.5) is 5.69 Å². The molecule has 0 fully saturated rings. The number of carbonyl (C=O) groups is 1. The molecule has 1 aromatic heterocycles. The van der Waals surface area contributed by atoms with Gasteiger partial charge >= 0.3 is 0 Å². The molecule has 1 aliphatic rings. The summed E-state index contributed by atoms with van der Waals surface area (Å²) < 4.78 is 11.8. The third-order valence-corrected chi connectivity index (χ3v) is 5.60. The van der Waals surface area contributed by atoms with Crippen LogP contribution >= 0.6 is 11.3 Å². The van der Waals surface area contributed by atoms with Gasteiger partial charge in [0.05, 0.1) is 22.3 Å². The van der Waals surface area contributed by atoms with Gasteiger partial charge in [0, 0.05) is 5.56 Å². The number of nitrogens with one attached hydrogen (secondary N) is 1. The maximum Gasteiger partial charge on any atom is 0.231 e. The second-order valence-corrected chi connectivity index (χ2v) is 7.48. The summed E-state index contributed by atoms with van der Waals surface area (Å²) in [6, 6.07) is 21.3. The van der Waals surface area contributed by atoms with E-state index < -0.39 is 0 Å². The standard InChI is InChI=1S/C22H16N2O3S/c25-21(12-14-9-10-18-19(11-14)27-13-26-18)23-16-6-2-1-5-15(16)22-24-17-7-3-4-8-20(17)28-22/h1-11H,12-13H2,(H,23,25). The fourth-order valence-electron chi connectivity index (χ4n) is 3.20. The van der Waals surface area contributed by atoms with Crippen LogP contribution in [0.1, 0.15) is 5.56 Å². The highest BCUT2D eigenvalue weighted by Gasteiger charge is 2.16. The summed E-state index contributed by atoms with van der Waals surface area (Å²) in [7, 11) is 0. The van der Waals surface area contributed by atoms with Gasteiger partial charge in [0.25, 0.3) is 0 Å². The van der Waals surface area contributed by atoms with Crippen molar-refractivity contribution in [1.29, 1.82) is 0 Å². The van der Waals surface area contributed by atoms with Crippen LogP contribution in [0.3, 0.4) is 0 Å². The van der Waals surface area contributed by atoms with Crippen molar-refractivity contribution in [2.45, 2.75) is 6.42 Å². The average molecular weight is 388 g/mol. The second kappa shape index (κ2) is 6.98. The Morgan fingerprint density at radius 3 is 2.75 bits per heavy atom. The normalized spacial score (nSPS) is 12.3. The van der Waals surface area contributed by atoms with E-state index in [1.807, 2.05) is 60.7 Å². The van der Waals surface area contributed by atoms with Crippen molar-refractivity contribution < 1.29 is 14.3 Å². The van der Waals surface area contributed by atoms with Gasteiger partial charge in [-0.1, -0.05) is 30.3 Å². The molecular weight excluding hydrogens is 372 g/mol. The number of fused-ring (bicyclic) bond motifs is 2. The average Bonchev–Trinajstić information content (AvgIpc) is 3.34. The molecule has 138 valence electrons. The van der Waals surface area contributed by atoms with Crippen LogP contribution in [0.2, 0.25) is 0 Å². The summed E-state index contributed by atoms with van der Waals surface area (Å²) in [5, 5.41) is 3.91. The highest BCUT2D eigenvalue weighted by molar-refractivity contribution is 7.21. The van der Waals surface area contributed by atoms with E-state index in [1.165, 1.54) is 0 Å². The lowest BCUT2D eigenvalue weighted by atomic mass is 10.1. The Kier molecular flexibility index (Phi) is 4.18. The van der Waals surface area contributed by atoms with Crippen LogP contribution < -0.4 is 14.8 Å². The number of benzene rings is 3. The smallest absolute Gasteiger partial charge is 0.231 e. The lowest BCUT2D eigenvalue weighted by Gasteiger charge is -2.09. The van der Waals surface area contributed by atoms with Crippen LogP contribution in [0.5, 0.6) is 11.5 Å². The summed E-state index contributed by atoms with van der Waals surface area (Å²) in [6.45, 7) is 0.223.